The molecule has 0 spiro atoms. The molecule has 5 N–H and O–H groups in total. The Kier molecular flexibility index (Phi) is 6.88. The predicted octanol–water partition coefficient (Wildman–Crippen LogP) is 2.49. The molecular weight excluding hydrogens is 384 g/mol. The summed E-state index contributed by atoms with van der Waals surface area (Å²) in [6.07, 6.45) is 2.09. The first-order valence-corrected chi connectivity index (χ1v) is 9.29. The molecule has 9 heteroatoms. The van der Waals surface area contributed by atoms with Crippen molar-refractivity contribution in [2.24, 2.45) is 0 Å². The van der Waals surface area contributed by atoms with Crippen molar-refractivity contribution in [3.8, 4) is 11.5 Å². The van der Waals surface area contributed by atoms with Gasteiger partial charge in [-0.3, -0.25) is 15.6 Å². The fourth-order valence-corrected chi connectivity index (χ4v) is 2.78. The molecule has 0 unspecified atom stereocenters. The summed E-state index contributed by atoms with van der Waals surface area (Å²) < 4.78 is 10.6. The van der Waals surface area contributed by atoms with E-state index in [0.29, 0.717) is 40.9 Å². The number of hydrogen-bond acceptors (Lipinski definition) is 8. The third kappa shape index (κ3) is 5.07. The molecule has 1 aromatic heterocycles. The van der Waals surface area contributed by atoms with Crippen molar-refractivity contribution >= 4 is 23.2 Å². The van der Waals surface area contributed by atoms with Gasteiger partial charge in [-0.25, -0.2) is 9.97 Å². The predicted molar refractivity (Wildman–Crippen MR) is 116 cm³/mol. The van der Waals surface area contributed by atoms with Gasteiger partial charge >= 0.3 is 0 Å². The first-order chi connectivity index (χ1) is 14.6. The molecule has 9 nitrogen and oxygen atoms in total. The highest BCUT2D eigenvalue weighted by Crippen LogP contribution is 2.28. The van der Waals surface area contributed by atoms with Gasteiger partial charge in [0.15, 0.2) is 23.1 Å². The summed E-state index contributed by atoms with van der Waals surface area (Å²) in [5.74, 6) is 1.85. The van der Waals surface area contributed by atoms with Crippen LogP contribution < -0.4 is 31.4 Å². The normalized spacial score (nSPS) is 10.2. The van der Waals surface area contributed by atoms with E-state index in [4.69, 9.17) is 15.2 Å². The summed E-state index contributed by atoms with van der Waals surface area (Å²) in [4.78, 5) is 20.4. The summed E-state index contributed by atoms with van der Waals surface area (Å²) in [5.41, 5.74) is 13.3. The number of hydrogen-bond donors (Lipinski definition) is 4. The van der Waals surface area contributed by atoms with Crippen LogP contribution in [0.2, 0.25) is 0 Å². The summed E-state index contributed by atoms with van der Waals surface area (Å²) >= 11 is 0. The van der Waals surface area contributed by atoms with Crippen LogP contribution in [-0.4, -0.2) is 36.6 Å². The maximum absolute atomic E-state index is 12.1. The van der Waals surface area contributed by atoms with Crippen molar-refractivity contribution in [2.45, 2.75) is 6.42 Å². The zero-order valence-corrected chi connectivity index (χ0v) is 16.8. The van der Waals surface area contributed by atoms with Crippen molar-refractivity contribution in [1.82, 2.24) is 15.4 Å². The molecule has 0 atom stereocenters. The molecule has 30 heavy (non-hydrogen) atoms. The number of nitrogens with two attached hydrogens (primary N) is 1. The summed E-state index contributed by atoms with van der Waals surface area (Å²) in [5, 5.41) is 3.19. The van der Waals surface area contributed by atoms with Crippen LogP contribution in [0.15, 0.2) is 54.9 Å². The number of methoxy groups -OCH3 is 2. The molecule has 1 amide bonds. The van der Waals surface area contributed by atoms with E-state index in [1.54, 1.807) is 38.5 Å². The average molecular weight is 408 g/mol. The Balaban J connectivity index is 1.58. The second kappa shape index (κ2) is 9.97. The largest absolute Gasteiger partial charge is 0.493 e. The van der Waals surface area contributed by atoms with Crippen LogP contribution >= 0.6 is 0 Å². The van der Waals surface area contributed by atoms with E-state index in [2.05, 4.69) is 26.1 Å². The van der Waals surface area contributed by atoms with E-state index in [0.717, 1.165) is 12.0 Å². The van der Waals surface area contributed by atoms with Gasteiger partial charge in [0.05, 0.1) is 14.2 Å². The minimum Gasteiger partial charge on any atom is -0.493 e. The van der Waals surface area contributed by atoms with Gasteiger partial charge in [0, 0.05) is 12.1 Å². The van der Waals surface area contributed by atoms with Crippen molar-refractivity contribution in [2.75, 3.05) is 37.2 Å². The van der Waals surface area contributed by atoms with Crippen LogP contribution in [0.4, 0.5) is 17.3 Å². The highest BCUT2D eigenvalue weighted by atomic mass is 16.5. The van der Waals surface area contributed by atoms with E-state index in [1.165, 1.54) is 6.33 Å². The second-order valence-corrected chi connectivity index (χ2v) is 6.30. The molecule has 1 heterocycles. The molecule has 0 aliphatic carbocycles. The zero-order chi connectivity index (χ0) is 21.3. The van der Waals surface area contributed by atoms with E-state index >= 15 is 0 Å². The number of nitrogens with one attached hydrogen (secondary N) is 3. The smallest absolute Gasteiger partial charge is 0.269 e. The van der Waals surface area contributed by atoms with Crippen LogP contribution in [0.1, 0.15) is 15.9 Å². The fourth-order valence-electron chi connectivity index (χ4n) is 2.78. The number of amides is 1. The number of hydrazine groups is 1. The Hall–Kier alpha value is -4.01. The Morgan fingerprint density at radius 3 is 2.47 bits per heavy atom. The third-order valence-corrected chi connectivity index (χ3v) is 4.37. The number of anilines is 3. The number of rotatable bonds is 9. The monoisotopic (exact) mass is 408 g/mol. The standard InChI is InChI=1S/C21H24N6O3/c1-29-16-9-8-14(12-17(16)30-2)10-11-23-19-18(22)20(25-13-24-19)26-27-21(28)15-6-4-3-5-7-15/h3-9,12-13H,10-11,22H2,1-2H3,(H,27,28)(H2,23,24,25,26). The first kappa shape index (κ1) is 20.7. The number of ether oxygens (including phenoxy) is 2. The third-order valence-electron chi connectivity index (χ3n) is 4.37. The molecule has 3 rings (SSSR count). The SMILES string of the molecule is COc1ccc(CCNc2ncnc(NNC(=O)c3ccccc3)c2N)cc1OC. The Morgan fingerprint density at radius 2 is 1.73 bits per heavy atom. The van der Waals surface area contributed by atoms with Gasteiger partial charge in [0.25, 0.3) is 5.91 Å². The lowest BCUT2D eigenvalue weighted by molar-refractivity contribution is 0.0962. The molecule has 0 fully saturated rings. The van der Waals surface area contributed by atoms with Gasteiger partial charge in [-0.05, 0) is 36.2 Å². The number of nitrogen functional groups attached to an aromatic ring is 1. The number of carbonyl (C=O) groups is 1. The summed E-state index contributed by atoms with van der Waals surface area (Å²) in [6.45, 7) is 0.590. The maximum atomic E-state index is 12.1. The average Bonchev–Trinajstić information content (AvgIpc) is 2.79. The van der Waals surface area contributed by atoms with Crippen LogP contribution in [-0.2, 0) is 6.42 Å². The minimum atomic E-state index is -0.295. The van der Waals surface area contributed by atoms with Crippen molar-refractivity contribution in [1.29, 1.82) is 0 Å². The van der Waals surface area contributed by atoms with E-state index in [1.807, 2.05) is 24.3 Å². The molecular formula is C21H24N6O3. The lowest BCUT2D eigenvalue weighted by atomic mass is 10.1. The number of aromatic nitrogens is 2. The summed E-state index contributed by atoms with van der Waals surface area (Å²) in [7, 11) is 3.21. The van der Waals surface area contributed by atoms with E-state index < -0.39 is 0 Å². The van der Waals surface area contributed by atoms with Crippen molar-refractivity contribution < 1.29 is 14.3 Å². The molecule has 0 saturated heterocycles. The number of carbonyl (C=O) groups excluding carboxylic acids is 1. The molecule has 2 aromatic carbocycles. The molecule has 0 saturated carbocycles. The quantitative estimate of drug-likeness (QED) is 0.398. The number of benzene rings is 2. The lowest BCUT2D eigenvalue weighted by Crippen LogP contribution is -2.30. The lowest BCUT2D eigenvalue weighted by Gasteiger charge is -2.13. The van der Waals surface area contributed by atoms with Crippen LogP contribution in [0, 0.1) is 0 Å². The fraction of sp³-hybridized carbons (Fsp3) is 0.190. The van der Waals surface area contributed by atoms with Gasteiger partial charge in [0.2, 0.25) is 0 Å². The zero-order valence-electron chi connectivity index (χ0n) is 16.8. The van der Waals surface area contributed by atoms with Gasteiger partial charge in [-0.1, -0.05) is 24.3 Å². The van der Waals surface area contributed by atoms with Crippen molar-refractivity contribution in [3.63, 3.8) is 0 Å². The van der Waals surface area contributed by atoms with Crippen molar-refractivity contribution in [3.05, 3.63) is 66.0 Å². The van der Waals surface area contributed by atoms with Gasteiger partial charge in [0.1, 0.15) is 12.0 Å². The highest BCUT2D eigenvalue weighted by Gasteiger charge is 2.10. The molecule has 0 radical (unpaired) electrons. The van der Waals surface area contributed by atoms with Gasteiger partial charge in [-0.15, -0.1) is 0 Å². The number of nitrogens with zero attached hydrogens (tertiary/aromatic N) is 2. The van der Waals surface area contributed by atoms with E-state index in [9.17, 15) is 4.79 Å². The molecule has 156 valence electrons. The molecule has 3 aromatic rings. The topological polar surface area (TPSA) is 123 Å². The minimum absolute atomic E-state index is 0.295. The molecule has 0 aliphatic rings. The first-order valence-electron chi connectivity index (χ1n) is 9.29. The Morgan fingerprint density at radius 1 is 1.00 bits per heavy atom. The van der Waals surface area contributed by atoms with Gasteiger partial charge < -0.3 is 20.5 Å². The van der Waals surface area contributed by atoms with Crippen LogP contribution in [0.25, 0.3) is 0 Å². The highest BCUT2D eigenvalue weighted by molar-refractivity contribution is 5.95. The van der Waals surface area contributed by atoms with Gasteiger partial charge in [-0.2, -0.15) is 0 Å². The van der Waals surface area contributed by atoms with Crippen LogP contribution in [0.5, 0.6) is 11.5 Å². The maximum Gasteiger partial charge on any atom is 0.269 e. The second-order valence-electron chi connectivity index (χ2n) is 6.30. The Bertz CT molecular complexity index is 997. The Labute approximate surface area is 174 Å². The van der Waals surface area contributed by atoms with Crippen LogP contribution in [0.3, 0.4) is 0 Å². The molecule has 0 aliphatic heterocycles. The van der Waals surface area contributed by atoms with E-state index in [-0.39, 0.29) is 5.91 Å². The molecule has 0 bridgehead atoms. The summed E-state index contributed by atoms with van der Waals surface area (Å²) in [6, 6.07) is 14.6.